The largest absolute Gasteiger partial charge is 0.385 e. The smallest absolute Gasteiger partial charge is 0.0441 e. The van der Waals surface area contributed by atoms with Crippen molar-refractivity contribution in [2.24, 2.45) is 11.7 Å². The van der Waals surface area contributed by atoms with E-state index in [1.54, 1.807) is 6.07 Å². The standard InChI is InChI=1S/C11H16Cl2N2/c1-8(2-3-14)7-15-11-5-9(12)4-10(13)6-11/h4-6,8,15H,2-3,7,14H2,1H3. The molecule has 2 nitrogen and oxygen atoms in total. The Morgan fingerprint density at radius 2 is 1.87 bits per heavy atom. The molecule has 84 valence electrons. The summed E-state index contributed by atoms with van der Waals surface area (Å²) in [7, 11) is 0. The van der Waals surface area contributed by atoms with Crippen molar-refractivity contribution in [3.8, 4) is 0 Å². The molecule has 0 aliphatic heterocycles. The third kappa shape index (κ3) is 4.74. The summed E-state index contributed by atoms with van der Waals surface area (Å²) in [5.41, 5.74) is 6.43. The van der Waals surface area contributed by atoms with E-state index in [0.29, 0.717) is 16.0 Å². The van der Waals surface area contributed by atoms with Gasteiger partial charge in [0.15, 0.2) is 0 Å². The first-order valence-corrected chi connectivity index (χ1v) is 5.77. The third-order valence-corrected chi connectivity index (χ3v) is 2.61. The summed E-state index contributed by atoms with van der Waals surface area (Å²) < 4.78 is 0. The molecule has 1 aromatic carbocycles. The molecular formula is C11H16Cl2N2. The number of hydrogen-bond acceptors (Lipinski definition) is 2. The second-order valence-electron chi connectivity index (χ2n) is 3.72. The van der Waals surface area contributed by atoms with Crippen LogP contribution in [-0.2, 0) is 0 Å². The van der Waals surface area contributed by atoms with E-state index >= 15 is 0 Å². The molecule has 0 aliphatic carbocycles. The molecule has 1 unspecified atom stereocenters. The highest BCUT2D eigenvalue weighted by molar-refractivity contribution is 6.35. The number of nitrogens with two attached hydrogens (primary N) is 1. The molecule has 3 N–H and O–H groups in total. The van der Waals surface area contributed by atoms with E-state index in [0.717, 1.165) is 25.2 Å². The van der Waals surface area contributed by atoms with Crippen LogP contribution in [-0.4, -0.2) is 13.1 Å². The fourth-order valence-electron chi connectivity index (χ4n) is 1.33. The molecule has 0 aliphatic rings. The second-order valence-corrected chi connectivity index (χ2v) is 4.59. The van der Waals surface area contributed by atoms with Crippen molar-refractivity contribution in [1.82, 2.24) is 0 Å². The highest BCUT2D eigenvalue weighted by atomic mass is 35.5. The predicted octanol–water partition coefficient (Wildman–Crippen LogP) is 3.39. The highest BCUT2D eigenvalue weighted by Gasteiger charge is 2.02. The first-order chi connectivity index (χ1) is 7.11. The Hall–Kier alpha value is -0.440. The normalized spacial score (nSPS) is 12.5. The quantitative estimate of drug-likeness (QED) is 0.836. The molecule has 0 spiro atoms. The average Bonchev–Trinajstić information content (AvgIpc) is 2.14. The van der Waals surface area contributed by atoms with E-state index in [1.807, 2.05) is 12.1 Å². The minimum absolute atomic E-state index is 0.549. The molecule has 0 radical (unpaired) electrons. The van der Waals surface area contributed by atoms with Crippen LogP contribution in [0.3, 0.4) is 0 Å². The highest BCUT2D eigenvalue weighted by Crippen LogP contribution is 2.22. The van der Waals surface area contributed by atoms with Gasteiger partial charge in [0.2, 0.25) is 0 Å². The van der Waals surface area contributed by atoms with Gasteiger partial charge in [0.1, 0.15) is 0 Å². The van der Waals surface area contributed by atoms with E-state index < -0.39 is 0 Å². The van der Waals surface area contributed by atoms with Gasteiger partial charge in [-0.2, -0.15) is 0 Å². The maximum Gasteiger partial charge on any atom is 0.0441 e. The fourth-order valence-corrected chi connectivity index (χ4v) is 1.86. The van der Waals surface area contributed by atoms with Crippen molar-refractivity contribution < 1.29 is 0 Å². The lowest BCUT2D eigenvalue weighted by Gasteiger charge is -2.12. The van der Waals surface area contributed by atoms with Crippen molar-refractivity contribution >= 4 is 28.9 Å². The number of nitrogens with one attached hydrogen (secondary N) is 1. The van der Waals surface area contributed by atoms with Crippen molar-refractivity contribution in [2.45, 2.75) is 13.3 Å². The monoisotopic (exact) mass is 246 g/mol. The number of halogens is 2. The van der Waals surface area contributed by atoms with Gasteiger partial charge in [0.25, 0.3) is 0 Å². The van der Waals surface area contributed by atoms with Gasteiger partial charge in [-0.05, 0) is 37.1 Å². The first-order valence-electron chi connectivity index (χ1n) is 5.02. The van der Waals surface area contributed by atoms with Gasteiger partial charge >= 0.3 is 0 Å². The lowest BCUT2D eigenvalue weighted by atomic mass is 10.1. The number of rotatable bonds is 5. The lowest BCUT2D eigenvalue weighted by Crippen LogP contribution is -2.15. The predicted molar refractivity (Wildman–Crippen MR) is 67.8 cm³/mol. The molecule has 0 saturated carbocycles. The van der Waals surface area contributed by atoms with Crippen LogP contribution in [0.15, 0.2) is 18.2 Å². The average molecular weight is 247 g/mol. The molecule has 0 aromatic heterocycles. The molecule has 1 rings (SSSR count). The minimum atomic E-state index is 0.549. The topological polar surface area (TPSA) is 38.0 Å². The van der Waals surface area contributed by atoms with Gasteiger partial charge in [0.05, 0.1) is 0 Å². The van der Waals surface area contributed by atoms with Gasteiger partial charge in [-0.15, -0.1) is 0 Å². The van der Waals surface area contributed by atoms with Crippen LogP contribution in [0.25, 0.3) is 0 Å². The fraction of sp³-hybridized carbons (Fsp3) is 0.455. The summed E-state index contributed by atoms with van der Waals surface area (Å²) in [6.07, 6.45) is 1.02. The molecule has 4 heteroatoms. The summed E-state index contributed by atoms with van der Waals surface area (Å²) in [5.74, 6) is 0.549. The van der Waals surface area contributed by atoms with Gasteiger partial charge in [-0.3, -0.25) is 0 Å². The van der Waals surface area contributed by atoms with Crippen molar-refractivity contribution in [2.75, 3.05) is 18.4 Å². The number of anilines is 1. The Balaban J connectivity index is 2.50. The zero-order valence-electron chi connectivity index (χ0n) is 8.76. The maximum absolute atomic E-state index is 5.88. The lowest BCUT2D eigenvalue weighted by molar-refractivity contribution is 0.568. The van der Waals surface area contributed by atoms with E-state index in [2.05, 4.69) is 12.2 Å². The number of hydrogen-bond donors (Lipinski definition) is 2. The Kier molecular flexibility index (Phi) is 5.23. The zero-order valence-corrected chi connectivity index (χ0v) is 10.3. The van der Waals surface area contributed by atoms with Crippen LogP contribution in [0.1, 0.15) is 13.3 Å². The first kappa shape index (κ1) is 12.6. The summed E-state index contributed by atoms with van der Waals surface area (Å²) in [5, 5.41) is 4.59. The minimum Gasteiger partial charge on any atom is -0.385 e. The van der Waals surface area contributed by atoms with Crippen LogP contribution >= 0.6 is 23.2 Å². The Morgan fingerprint density at radius 1 is 1.27 bits per heavy atom. The SMILES string of the molecule is CC(CCN)CNc1cc(Cl)cc(Cl)c1. The molecule has 1 atom stereocenters. The van der Waals surface area contributed by atoms with Crippen molar-refractivity contribution in [3.63, 3.8) is 0 Å². The van der Waals surface area contributed by atoms with Gasteiger partial charge in [0, 0.05) is 22.3 Å². The zero-order chi connectivity index (χ0) is 11.3. The molecule has 0 saturated heterocycles. The molecule has 1 aromatic rings. The number of benzene rings is 1. The van der Waals surface area contributed by atoms with Gasteiger partial charge < -0.3 is 11.1 Å². The summed E-state index contributed by atoms with van der Waals surface area (Å²) in [6.45, 7) is 3.76. The second kappa shape index (κ2) is 6.21. The van der Waals surface area contributed by atoms with Crippen LogP contribution in [0.2, 0.25) is 10.0 Å². The Labute approximate surface area is 101 Å². The van der Waals surface area contributed by atoms with Crippen LogP contribution < -0.4 is 11.1 Å². The van der Waals surface area contributed by atoms with Crippen molar-refractivity contribution in [3.05, 3.63) is 28.2 Å². The molecule has 0 fully saturated rings. The van der Waals surface area contributed by atoms with Crippen LogP contribution in [0.4, 0.5) is 5.69 Å². The third-order valence-electron chi connectivity index (χ3n) is 2.18. The van der Waals surface area contributed by atoms with Crippen LogP contribution in [0, 0.1) is 5.92 Å². The van der Waals surface area contributed by atoms with E-state index in [4.69, 9.17) is 28.9 Å². The van der Waals surface area contributed by atoms with Crippen LogP contribution in [0.5, 0.6) is 0 Å². The molecule has 0 amide bonds. The maximum atomic E-state index is 5.88. The van der Waals surface area contributed by atoms with Gasteiger partial charge in [-0.1, -0.05) is 30.1 Å². The summed E-state index contributed by atoms with van der Waals surface area (Å²) >= 11 is 11.8. The van der Waals surface area contributed by atoms with Crippen molar-refractivity contribution in [1.29, 1.82) is 0 Å². The molecule has 0 heterocycles. The Bertz CT molecular complexity index is 295. The van der Waals surface area contributed by atoms with E-state index in [9.17, 15) is 0 Å². The van der Waals surface area contributed by atoms with Gasteiger partial charge in [-0.25, -0.2) is 0 Å². The van der Waals surface area contributed by atoms with E-state index in [1.165, 1.54) is 0 Å². The Morgan fingerprint density at radius 3 is 2.40 bits per heavy atom. The molecular weight excluding hydrogens is 231 g/mol. The molecule has 15 heavy (non-hydrogen) atoms. The summed E-state index contributed by atoms with van der Waals surface area (Å²) in [6, 6.07) is 5.45. The molecule has 0 bridgehead atoms. The summed E-state index contributed by atoms with van der Waals surface area (Å²) in [4.78, 5) is 0. The van der Waals surface area contributed by atoms with E-state index in [-0.39, 0.29) is 0 Å².